The van der Waals surface area contributed by atoms with Gasteiger partial charge in [0, 0.05) is 29.4 Å². The SMILES string of the molecule is CC(C)N1CCC(CNS(=O)(=O)c2csc(CO)c2)C1. The summed E-state index contributed by atoms with van der Waals surface area (Å²) in [5.74, 6) is 0.378. The molecule has 1 unspecified atom stereocenters. The maximum absolute atomic E-state index is 12.1. The zero-order chi connectivity index (χ0) is 14.8. The molecular weight excluding hydrogens is 296 g/mol. The van der Waals surface area contributed by atoms with E-state index in [4.69, 9.17) is 5.11 Å². The molecule has 0 spiro atoms. The smallest absolute Gasteiger partial charge is 0.241 e. The van der Waals surface area contributed by atoms with Crippen molar-refractivity contribution in [1.82, 2.24) is 9.62 Å². The first-order valence-corrected chi connectivity index (χ1v) is 9.20. The number of thiophene rings is 1. The van der Waals surface area contributed by atoms with Gasteiger partial charge in [0.25, 0.3) is 0 Å². The van der Waals surface area contributed by atoms with Gasteiger partial charge in [0.15, 0.2) is 0 Å². The van der Waals surface area contributed by atoms with Crippen molar-refractivity contribution in [1.29, 1.82) is 0 Å². The lowest BCUT2D eigenvalue weighted by Crippen LogP contribution is -2.32. The maximum Gasteiger partial charge on any atom is 0.241 e. The zero-order valence-electron chi connectivity index (χ0n) is 11.9. The first kappa shape index (κ1) is 15.9. The molecule has 0 aromatic carbocycles. The summed E-state index contributed by atoms with van der Waals surface area (Å²) in [5, 5.41) is 10.6. The quantitative estimate of drug-likeness (QED) is 0.828. The summed E-state index contributed by atoms with van der Waals surface area (Å²) in [5.41, 5.74) is 0. The minimum absolute atomic E-state index is 0.119. The van der Waals surface area contributed by atoms with Gasteiger partial charge in [-0.25, -0.2) is 13.1 Å². The van der Waals surface area contributed by atoms with Gasteiger partial charge in [-0.15, -0.1) is 11.3 Å². The Morgan fingerprint density at radius 3 is 2.85 bits per heavy atom. The van der Waals surface area contributed by atoms with E-state index in [1.165, 1.54) is 17.4 Å². The third kappa shape index (κ3) is 3.79. The van der Waals surface area contributed by atoms with Crippen molar-refractivity contribution in [3.8, 4) is 0 Å². The molecular formula is C13H22N2O3S2. The Bertz CT molecular complexity index is 540. The van der Waals surface area contributed by atoms with Gasteiger partial charge in [-0.2, -0.15) is 0 Å². The minimum atomic E-state index is -3.44. The van der Waals surface area contributed by atoms with Crippen LogP contribution >= 0.6 is 11.3 Å². The minimum Gasteiger partial charge on any atom is -0.391 e. The zero-order valence-corrected chi connectivity index (χ0v) is 13.5. The number of aliphatic hydroxyl groups is 1. The van der Waals surface area contributed by atoms with Gasteiger partial charge in [0.1, 0.15) is 0 Å². The molecule has 114 valence electrons. The number of nitrogens with zero attached hydrogens (tertiary/aromatic N) is 1. The van der Waals surface area contributed by atoms with Gasteiger partial charge in [-0.3, -0.25) is 0 Å². The standard InChI is InChI=1S/C13H22N2O3S2/c1-10(2)15-4-3-11(7-15)6-14-20(17,18)13-5-12(8-16)19-9-13/h5,9-11,14,16H,3-4,6-8H2,1-2H3. The van der Waals surface area contributed by atoms with E-state index in [2.05, 4.69) is 23.5 Å². The van der Waals surface area contributed by atoms with E-state index in [0.29, 0.717) is 23.4 Å². The second-order valence-electron chi connectivity index (χ2n) is 5.50. The topological polar surface area (TPSA) is 69.6 Å². The predicted octanol–water partition coefficient (Wildman–Crippen LogP) is 1.25. The van der Waals surface area contributed by atoms with Crippen LogP contribution in [0, 0.1) is 5.92 Å². The molecule has 1 atom stereocenters. The first-order valence-electron chi connectivity index (χ1n) is 6.84. The van der Waals surface area contributed by atoms with Gasteiger partial charge in [0.2, 0.25) is 10.0 Å². The maximum atomic E-state index is 12.1. The summed E-state index contributed by atoms with van der Waals surface area (Å²) in [4.78, 5) is 3.29. The number of aliphatic hydroxyl groups excluding tert-OH is 1. The number of nitrogens with one attached hydrogen (secondary N) is 1. The van der Waals surface area contributed by atoms with Crippen LogP contribution in [0.4, 0.5) is 0 Å². The normalized spacial score (nSPS) is 20.9. The third-order valence-electron chi connectivity index (χ3n) is 3.71. The summed E-state index contributed by atoms with van der Waals surface area (Å²) < 4.78 is 27.0. The van der Waals surface area contributed by atoms with Gasteiger partial charge in [-0.05, 0) is 38.8 Å². The van der Waals surface area contributed by atoms with Crippen LogP contribution < -0.4 is 4.72 Å². The molecule has 0 bridgehead atoms. The molecule has 1 fully saturated rings. The summed E-state index contributed by atoms with van der Waals surface area (Å²) in [7, 11) is -3.44. The lowest BCUT2D eigenvalue weighted by atomic mass is 10.1. The molecule has 1 aliphatic heterocycles. The molecule has 0 radical (unpaired) electrons. The van der Waals surface area contributed by atoms with E-state index in [1.807, 2.05) is 0 Å². The lowest BCUT2D eigenvalue weighted by molar-refractivity contribution is 0.265. The highest BCUT2D eigenvalue weighted by atomic mass is 32.2. The molecule has 0 aliphatic carbocycles. The van der Waals surface area contributed by atoms with E-state index >= 15 is 0 Å². The Labute approximate surface area is 124 Å². The van der Waals surface area contributed by atoms with E-state index < -0.39 is 10.0 Å². The molecule has 0 amide bonds. The molecule has 2 rings (SSSR count). The van der Waals surface area contributed by atoms with E-state index in [-0.39, 0.29) is 11.5 Å². The van der Waals surface area contributed by atoms with Crippen molar-refractivity contribution >= 4 is 21.4 Å². The fourth-order valence-corrected chi connectivity index (χ4v) is 4.64. The van der Waals surface area contributed by atoms with Gasteiger partial charge in [-0.1, -0.05) is 0 Å². The highest BCUT2D eigenvalue weighted by Gasteiger charge is 2.26. The largest absolute Gasteiger partial charge is 0.391 e. The highest BCUT2D eigenvalue weighted by Crippen LogP contribution is 2.21. The van der Waals surface area contributed by atoms with Crippen LogP contribution in [0.1, 0.15) is 25.1 Å². The Kier molecular flexibility index (Phi) is 5.19. The van der Waals surface area contributed by atoms with E-state index in [0.717, 1.165) is 19.5 Å². The number of rotatable bonds is 6. The molecule has 1 aromatic rings. The van der Waals surface area contributed by atoms with Crippen molar-refractivity contribution in [2.75, 3.05) is 19.6 Å². The van der Waals surface area contributed by atoms with Crippen molar-refractivity contribution in [2.24, 2.45) is 5.92 Å². The Balaban J connectivity index is 1.90. The first-order chi connectivity index (χ1) is 9.42. The molecule has 2 heterocycles. The summed E-state index contributed by atoms with van der Waals surface area (Å²) in [6.45, 7) is 6.67. The average molecular weight is 318 g/mol. The monoisotopic (exact) mass is 318 g/mol. The Morgan fingerprint density at radius 2 is 2.30 bits per heavy atom. The second kappa shape index (κ2) is 6.53. The van der Waals surface area contributed by atoms with E-state index in [1.54, 1.807) is 5.38 Å². The van der Waals surface area contributed by atoms with Crippen LogP contribution in [0.25, 0.3) is 0 Å². The number of hydrogen-bond acceptors (Lipinski definition) is 5. The lowest BCUT2D eigenvalue weighted by Gasteiger charge is -2.20. The predicted molar refractivity (Wildman–Crippen MR) is 80.2 cm³/mol. The van der Waals surface area contributed by atoms with Crippen molar-refractivity contribution in [3.63, 3.8) is 0 Å². The summed E-state index contributed by atoms with van der Waals surface area (Å²) in [6, 6.07) is 2.04. The molecule has 2 N–H and O–H groups in total. The van der Waals surface area contributed by atoms with Crippen LogP contribution in [0.5, 0.6) is 0 Å². The Hall–Kier alpha value is -0.470. The molecule has 20 heavy (non-hydrogen) atoms. The van der Waals surface area contributed by atoms with Crippen LogP contribution in [-0.2, 0) is 16.6 Å². The molecule has 1 saturated heterocycles. The van der Waals surface area contributed by atoms with Gasteiger partial charge < -0.3 is 10.0 Å². The highest BCUT2D eigenvalue weighted by molar-refractivity contribution is 7.89. The van der Waals surface area contributed by atoms with E-state index in [9.17, 15) is 8.42 Å². The summed E-state index contributed by atoms with van der Waals surface area (Å²) in [6.07, 6.45) is 1.03. The third-order valence-corrected chi connectivity index (χ3v) is 6.18. The molecule has 1 aliphatic rings. The van der Waals surface area contributed by atoms with Gasteiger partial charge >= 0.3 is 0 Å². The molecule has 5 nitrogen and oxygen atoms in total. The van der Waals surface area contributed by atoms with Crippen LogP contribution in [-0.4, -0.2) is 44.1 Å². The van der Waals surface area contributed by atoms with Crippen molar-refractivity contribution < 1.29 is 13.5 Å². The van der Waals surface area contributed by atoms with Gasteiger partial charge in [0.05, 0.1) is 11.5 Å². The van der Waals surface area contributed by atoms with Crippen molar-refractivity contribution in [2.45, 2.75) is 37.8 Å². The molecule has 0 saturated carbocycles. The molecule has 7 heteroatoms. The van der Waals surface area contributed by atoms with Crippen LogP contribution in [0.15, 0.2) is 16.3 Å². The fraction of sp³-hybridized carbons (Fsp3) is 0.692. The summed E-state index contributed by atoms with van der Waals surface area (Å²) >= 11 is 1.26. The Morgan fingerprint density at radius 1 is 1.55 bits per heavy atom. The number of sulfonamides is 1. The fourth-order valence-electron chi connectivity index (χ4n) is 2.39. The van der Waals surface area contributed by atoms with Crippen LogP contribution in [0.2, 0.25) is 0 Å². The van der Waals surface area contributed by atoms with Crippen molar-refractivity contribution in [3.05, 3.63) is 16.3 Å². The molecule has 1 aromatic heterocycles. The van der Waals surface area contributed by atoms with Crippen LogP contribution in [0.3, 0.4) is 0 Å². The number of hydrogen-bond donors (Lipinski definition) is 2. The number of likely N-dealkylation sites (tertiary alicyclic amines) is 1. The second-order valence-corrected chi connectivity index (χ2v) is 8.26. The average Bonchev–Trinajstić information content (AvgIpc) is 3.05.